The lowest BCUT2D eigenvalue weighted by Crippen LogP contribution is -2.54. The average Bonchev–Trinajstić information content (AvgIpc) is 2.87. The third kappa shape index (κ3) is 5.80. The normalized spacial score (nSPS) is 30.2. The number of hydrogen-bond acceptors (Lipinski definition) is 3. The Balaban J connectivity index is 1.44. The molecule has 1 heterocycles. The molecule has 196 valence electrons. The van der Waals surface area contributed by atoms with Gasteiger partial charge >= 0.3 is 0 Å². The summed E-state index contributed by atoms with van der Waals surface area (Å²) in [4.78, 5) is 18.5. The zero-order valence-corrected chi connectivity index (χ0v) is 22.8. The number of likely N-dealkylation sites (tertiary alicyclic amines) is 1. The molecule has 0 spiro atoms. The number of rotatable bonds is 7. The Hall–Kier alpha value is -0.320. The van der Waals surface area contributed by atoms with Gasteiger partial charge in [0.05, 0.1) is 11.0 Å². The van der Waals surface area contributed by atoms with E-state index < -0.39 is 5.60 Å². The third-order valence-corrected chi connectivity index (χ3v) is 10.9. The van der Waals surface area contributed by atoms with Crippen LogP contribution in [-0.2, 0) is 4.79 Å². The first-order chi connectivity index (χ1) is 16.3. The number of halogens is 1. The molecule has 4 fully saturated rings. The fourth-order valence-electron chi connectivity index (χ4n) is 8.35. The van der Waals surface area contributed by atoms with Crippen LogP contribution in [0.4, 0.5) is 0 Å². The number of amides is 1. The molecule has 0 atom stereocenters. The first kappa shape index (κ1) is 26.7. The Bertz CT molecular complexity index is 623. The van der Waals surface area contributed by atoms with Crippen LogP contribution in [0.25, 0.3) is 0 Å². The van der Waals surface area contributed by atoms with E-state index >= 15 is 0 Å². The van der Waals surface area contributed by atoms with Crippen molar-refractivity contribution in [1.82, 2.24) is 9.80 Å². The van der Waals surface area contributed by atoms with Gasteiger partial charge in [0.2, 0.25) is 5.91 Å². The number of aliphatic hydroxyl groups is 1. The second-order valence-corrected chi connectivity index (χ2v) is 13.2. The van der Waals surface area contributed by atoms with E-state index in [2.05, 4.69) is 4.90 Å². The molecule has 5 heteroatoms. The van der Waals surface area contributed by atoms with Gasteiger partial charge in [-0.3, -0.25) is 4.79 Å². The molecule has 0 radical (unpaired) electrons. The Morgan fingerprint density at radius 2 is 1.38 bits per heavy atom. The lowest BCUT2D eigenvalue weighted by atomic mass is 9.56. The number of carbonyl (C=O) groups is 1. The highest BCUT2D eigenvalue weighted by atomic mass is 35.5. The molecule has 4 aliphatic rings. The lowest BCUT2D eigenvalue weighted by molar-refractivity contribution is -0.152. The summed E-state index contributed by atoms with van der Waals surface area (Å²) in [6.07, 6.45) is 19.8. The highest BCUT2D eigenvalue weighted by Gasteiger charge is 2.52. The number of alkyl halides is 1. The Morgan fingerprint density at radius 1 is 0.882 bits per heavy atom. The summed E-state index contributed by atoms with van der Waals surface area (Å²) < 4.78 is 0. The zero-order chi connectivity index (χ0) is 24.2. The fraction of sp³-hybridized carbons (Fsp3) is 0.966. The Morgan fingerprint density at radius 3 is 1.85 bits per heavy atom. The van der Waals surface area contributed by atoms with E-state index in [1.807, 2.05) is 19.0 Å². The predicted octanol–water partition coefficient (Wildman–Crippen LogP) is 6.24. The Labute approximate surface area is 214 Å². The van der Waals surface area contributed by atoms with Gasteiger partial charge in [0.1, 0.15) is 0 Å². The maximum atomic E-state index is 14.0. The molecular formula is C29H51ClN2O2. The van der Waals surface area contributed by atoms with Crippen molar-refractivity contribution in [2.24, 2.45) is 23.2 Å². The van der Waals surface area contributed by atoms with E-state index in [-0.39, 0.29) is 5.41 Å². The summed E-state index contributed by atoms with van der Waals surface area (Å²) in [6, 6.07) is 0. The molecule has 4 nitrogen and oxygen atoms in total. The van der Waals surface area contributed by atoms with Crippen LogP contribution in [0.15, 0.2) is 0 Å². The molecule has 0 unspecified atom stereocenters. The second-order valence-electron chi connectivity index (χ2n) is 12.6. The molecule has 3 saturated carbocycles. The van der Waals surface area contributed by atoms with Crippen molar-refractivity contribution < 1.29 is 9.90 Å². The van der Waals surface area contributed by atoms with Crippen molar-refractivity contribution in [3.8, 4) is 0 Å². The highest BCUT2D eigenvalue weighted by Crippen LogP contribution is 2.52. The largest absolute Gasteiger partial charge is 0.390 e. The number of carbonyl (C=O) groups excluding carboxylic acids is 1. The molecule has 1 saturated heterocycles. The van der Waals surface area contributed by atoms with Crippen molar-refractivity contribution in [2.45, 2.75) is 120 Å². The summed E-state index contributed by atoms with van der Waals surface area (Å²) in [5, 5.41) is 11.8. The van der Waals surface area contributed by atoms with Gasteiger partial charge in [0.25, 0.3) is 0 Å². The van der Waals surface area contributed by atoms with Crippen LogP contribution in [0.3, 0.4) is 0 Å². The van der Waals surface area contributed by atoms with Crippen molar-refractivity contribution in [3.05, 3.63) is 0 Å². The third-order valence-electron chi connectivity index (χ3n) is 10.5. The van der Waals surface area contributed by atoms with Crippen LogP contribution < -0.4 is 0 Å². The van der Waals surface area contributed by atoms with Crippen LogP contribution in [0.1, 0.15) is 109 Å². The molecule has 1 amide bonds. The van der Waals surface area contributed by atoms with Crippen LogP contribution in [-0.4, -0.2) is 65.5 Å². The standard InChI is InChI=1S/C29H51ClN2O2/c1-31(2)27(33)29(24-9-5-3-6-10-24,25-11-7-4-8-12-25)19-22-32-20-17-28(34,18-21-32)23-13-15-26(30)16-14-23/h23-26,34H,3-22H2,1-2H3. The number of hydrogen-bond donors (Lipinski definition) is 1. The molecule has 3 aliphatic carbocycles. The molecule has 1 N–H and O–H groups in total. The molecule has 1 aliphatic heterocycles. The van der Waals surface area contributed by atoms with Crippen molar-refractivity contribution >= 4 is 17.5 Å². The first-order valence-corrected chi connectivity index (χ1v) is 15.1. The highest BCUT2D eigenvalue weighted by molar-refractivity contribution is 6.20. The van der Waals surface area contributed by atoms with Gasteiger partial charge in [-0.2, -0.15) is 0 Å². The van der Waals surface area contributed by atoms with E-state index in [9.17, 15) is 9.90 Å². The van der Waals surface area contributed by atoms with Gasteiger partial charge in [-0.05, 0) is 94.9 Å². The van der Waals surface area contributed by atoms with Crippen LogP contribution in [0.5, 0.6) is 0 Å². The van der Waals surface area contributed by atoms with Gasteiger partial charge < -0.3 is 14.9 Å². The molecular weight excluding hydrogens is 444 g/mol. The van der Waals surface area contributed by atoms with Gasteiger partial charge in [0.15, 0.2) is 0 Å². The minimum absolute atomic E-state index is 0.184. The fourth-order valence-corrected chi connectivity index (χ4v) is 8.61. The monoisotopic (exact) mass is 494 g/mol. The predicted molar refractivity (Wildman–Crippen MR) is 141 cm³/mol. The maximum absolute atomic E-state index is 14.0. The zero-order valence-electron chi connectivity index (χ0n) is 22.1. The van der Waals surface area contributed by atoms with E-state index in [4.69, 9.17) is 11.6 Å². The van der Waals surface area contributed by atoms with Gasteiger partial charge in [-0.1, -0.05) is 38.5 Å². The SMILES string of the molecule is CN(C)C(=O)C(CCN1CCC(O)(C2CCC(Cl)CC2)CC1)(C1CCCCC1)C1CCCCC1. The van der Waals surface area contributed by atoms with Crippen LogP contribution >= 0.6 is 11.6 Å². The number of piperidine rings is 1. The number of nitrogens with zero attached hydrogens (tertiary/aromatic N) is 2. The molecule has 0 bridgehead atoms. The quantitative estimate of drug-likeness (QED) is 0.426. The van der Waals surface area contributed by atoms with Gasteiger partial charge in [-0.25, -0.2) is 0 Å². The summed E-state index contributed by atoms with van der Waals surface area (Å²) in [5.74, 6) is 1.93. The molecule has 34 heavy (non-hydrogen) atoms. The van der Waals surface area contributed by atoms with E-state index in [1.165, 1.54) is 64.2 Å². The summed E-state index contributed by atoms with van der Waals surface area (Å²) in [7, 11) is 3.97. The van der Waals surface area contributed by atoms with Crippen molar-refractivity contribution in [2.75, 3.05) is 33.7 Å². The second kappa shape index (κ2) is 11.8. The topological polar surface area (TPSA) is 43.8 Å². The Kier molecular flexibility index (Phi) is 9.29. The summed E-state index contributed by atoms with van der Waals surface area (Å²) in [6.45, 7) is 2.95. The minimum atomic E-state index is -0.503. The van der Waals surface area contributed by atoms with Crippen molar-refractivity contribution in [1.29, 1.82) is 0 Å². The molecule has 4 rings (SSSR count). The minimum Gasteiger partial charge on any atom is -0.390 e. The van der Waals surface area contributed by atoms with E-state index in [0.29, 0.717) is 29.0 Å². The maximum Gasteiger partial charge on any atom is 0.228 e. The average molecular weight is 495 g/mol. The van der Waals surface area contributed by atoms with Gasteiger partial charge in [-0.15, -0.1) is 11.6 Å². The summed E-state index contributed by atoms with van der Waals surface area (Å²) >= 11 is 6.33. The van der Waals surface area contributed by atoms with Gasteiger partial charge in [0, 0.05) is 32.6 Å². The molecule has 0 aromatic carbocycles. The van der Waals surface area contributed by atoms with Crippen LogP contribution in [0.2, 0.25) is 0 Å². The van der Waals surface area contributed by atoms with E-state index in [1.54, 1.807) is 0 Å². The first-order valence-electron chi connectivity index (χ1n) is 14.7. The van der Waals surface area contributed by atoms with Crippen LogP contribution in [0, 0.1) is 23.2 Å². The van der Waals surface area contributed by atoms with Crippen molar-refractivity contribution in [3.63, 3.8) is 0 Å². The molecule has 0 aromatic heterocycles. The molecule has 0 aromatic rings. The summed E-state index contributed by atoms with van der Waals surface area (Å²) in [5.41, 5.74) is -0.687. The van der Waals surface area contributed by atoms with E-state index in [0.717, 1.165) is 64.6 Å². The smallest absolute Gasteiger partial charge is 0.228 e. The lowest BCUT2D eigenvalue weighted by Gasteiger charge is -2.50.